The van der Waals surface area contributed by atoms with E-state index in [2.05, 4.69) is 4.98 Å². The number of fused-ring (bicyclic) bond motifs is 1. The van der Waals surface area contributed by atoms with Crippen molar-refractivity contribution in [2.24, 2.45) is 0 Å². The lowest BCUT2D eigenvalue weighted by Crippen LogP contribution is -1.97. The predicted molar refractivity (Wildman–Crippen MR) is 75.0 cm³/mol. The van der Waals surface area contributed by atoms with Crippen molar-refractivity contribution in [2.45, 2.75) is 0 Å². The van der Waals surface area contributed by atoms with Crippen LogP contribution in [0.4, 0.5) is 4.39 Å². The maximum atomic E-state index is 13.4. The quantitative estimate of drug-likeness (QED) is 0.720. The number of aromatic amines is 1. The highest BCUT2D eigenvalue weighted by molar-refractivity contribution is 7.71. The van der Waals surface area contributed by atoms with Gasteiger partial charge in [0.15, 0.2) is 4.77 Å². The fourth-order valence-corrected chi connectivity index (χ4v) is 2.44. The van der Waals surface area contributed by atoms with Crippen molar-refractivity contribution in [3.05, 3.63) is 53.1 Å². The van der Waals surface area contributed by atoms with E-state index in [1.165, 1.54) is 12.1 Å². The second-order valence-corrected chi connectivity index (χ2v) is 4.49. The van der Waals surface area contributed by atoms with Crippen molar-refractivity contribution in [3.8, 4) is 11.4 Å². The Bertz CT molecular complexity index is 807. The van der Waals surface area contributed by atoms with E-state index in [1.807, 2.05) is 24.3 Å². The molecule has 1 N–H and O–H groups in total. The molecule has 1 heterocycles. The van der Waals surface area contributed by atoms with Gasteiger partial charge in [0.25, 0.3) is 0 Å². The summed E-state index contributed by atoms with van der Waals surface area (Å²) in [6, 6.07) is 12.0. The number of aromatic nitrogens is 2. The topological polar surface area (TPSA) is 29.9 Å². The molecular weight excluding hydrogens is 263 g/mol. The highest BCUT2D eigenvalue weighted by Crippen LogP contribution is 2.27. The number of halogens is 1. The first-order valence-corrected chi connectivity index (χ1v) is 6.15. The van der Waals surface area contributed by atoms with E-state index in [-0.39, 0.29) is 5.82 Å². The molecule has 5 heteroatoms. The number of nitrogens with one attached hydrogen (secondary N) is 1. The molecule has 0 atom stereocenters. The number of hydrogen-bond donors (Lipinski definition) is 1. The first-order chi connectivity index (χ1) is 9.20. The first kappa shape index (κ1) is 11.9. The third-order valence-electron chi connectivity index (χ3n) is 2.97. The van der Waals surface area contributed by atoms with Crippen LogP contribution in [0.15, 0.2) is 42.5 Å². The standard InChI is InChI=1S/C14H11FN2OS/c1-18-13-5-3-2-4-11(13)17-12-8-9(15)6-7-10(12)16-14(17)19/h2-8H,1H3,(H,16,19). The second-order valence-electron chi connectivity index (χ2n) is 4.10. The minimum atomic E-state index is -0.301. The molecule has 0 spiro atoms. The zero-order chi connectivity index (χ0) is 13.4. The highest BCUT2D eigenvalue weighted by Gasteiger charge is 2.11. The summed E-state index contributed by atoms with van der Waals surface area (Å²) >= 11 is 5.32. The van der Waals surface area contributed by atoms with Crippen molar-refractivity contribution in [2.75, 3.05) is 7.11 Å². The molecule has 96 valence electrons. The Hall–Kier alpha value is -2.14. The molecule has 0 aliphatic rings. The SMILES string of the molecule is COc1ccccc1-n1c(=S)[nH]c2ccc(F)cc21. The third-order valence-corrected chi connectivity index (χ3v) is 3.26. The van der Waals surface area contributed by atoms with Gasteiger partial charge in [-0.25, -0.2) is 4.39 Å². The van der Waals surface area contributed by atoms with Gasteiger partial charge in [-0.15, -0.1) is 0 Å². The molecule has 3 aromatic rings. The summed E-state index contributed by atoms with van der Waals surface area (Å²) in [4.78, 5) is 3.06. The summed E-state index contributed by atoms with van der Waals surface area (Å²) in [5.41, 5.74) is 2.26. The largest absolute Gasteiger partial charge is 0.495 e. The maximum absolute atomic E-state index is 13.4. The molecule has 3 nitrogen and oxygen atoms in total. The van der Waals surface area contributed by atoms with E-state index in [1.54, 1.807) is 17.7 Å². The van der Waals surface area contributed by atoms with Crippen LogP contribution < -0.4 is 4.74 Å². The van der Waals surface area contributed by atoms with E-state index in [0.29, 0.717) is 16.0 Å². The normalized spacial score (nSPS) is 10.8. The molecule has 19 heavy (non-hydrogen) atoms. The van der Waals surface area contributed by atoms with Gasteiger partial charge in [0.2, 0.25) is 0 Å². The smallest absolute Gasteiger partial charge is 0.182 e. The van der Waals surface area contributed by atoms with Crippen molar-refractivity contribution in [1.29, 1.82) is 0 Å². The molecule has 0 aliphatic heterocycles. The van der Waals surface area contributed by atoms with Gasteiger partial charge in [0, 0.05) is 6.07 Å². The summed E-state index contributed by atoms with van der Waals surface area (Å²) < 4.78 is 21.0. The van der Waals surface area contributed by atoms with Gasteiger partial charge in [-0.2, -0.15) is 0 Å². The second kappa shape index (κ2) is 4.51. The number of hydrogen-bond acceptors (Lipinski definition) is 2. The minimum absolute atomic E-state index is 0.301. The van der Waals surface area contributed by atoms with Crippen LogP contribution in [0.3, 0.4) is 0 Å². The van der Waals surface area contributed by atoms with Crippen LogP contribution in [0.25, 0.3) is 16.7 Å². The lowest BCUT2D eigenvalue weighted by Gasteiger charge is -2.09. The average Bonchev–Trinajstić information content (AvgIpc) is 2.74. The van der Waals surface area contributed by atoms with E-state index in [9.17, 15) is 4.39 Å². The number of H-pyrrole nitrogens is 1. The van der Waals surface area contributed by atoms with E-state index < -0.39 is 0 Å². The first-order valence-electron chi connectivity index (χ1n) is 5.74. The van der Waals surface area contributed by atoms with Crippen LogP contribution in [0, 0.1) is 10.6 Å². The van der Waals surface area contributed by atoms with Crippen LogP contribution >= 0.6 is 12.2 Å². The molecule has 0 aliphatic carbocycles. The number of imidazole rings is 1. The van der Waals surface area contributed by atoms with Crippen molar-refractivity contribution >= 4 is 23.3 Å². The van der Waals surface area contributed by atoms with Crippen molar-refractivity contribution in [3.63, 3.8) is 0 Å². The predicted octanol–water partition coefficient (Wildman–Crippen LogP) is 3.84. The Labute approximate surface area is 114 Å². The molecule has 0 saturated carbocycles. The van der Waals surface area contributed by atoms with Gasteiger partial charge in [-0.05, 0) is 36.5 Å². The molecule has 0 amide bonds. The van der Waals surface area contributed by atoms with Crippen LogP contribution in [0.1, 0.15) is 0 Å². The Balaban J connectivity index is 2.39. The molecule has 0 fully saturated rings. The Morgan fingerprint density at radius 1 is 1.21 bits per heavy atom. The number of para-hydroxylation sites is 2. The number of benzene rings is 2. The summed E-state index contributed by atoms with van der Waals surface area (Å²) in [6.45, 7) is 0. The highest BCUT2D eigenvalue weighted by atomic mass is 32.1. The van der Waals surface area contributed by atoms with Crippen molar-refractivity contribution in [1.82, 2.24) is 9.55 Å². The van der Waals surface area contributed by atoms with Crippen LogP contribution in [0.2, 0.25) is 0 Å². The van der Waals surface area contributed by atoms with Crippen LogP contribution in [-0.4, -0.2) is 16.7 Å². The zero-order valence-electron chi connectivity index (χ0n) is 10.2. The van der Waals surface area contributed by atoms with E-state index in [4.69, 9.17) is 17.0 Å². The Morgan fingerprint density at radius 3 is 2.79 bits per heavy atom. The van der Waals surface area contributed by atoms with Gasteiger partial charge in [0.05, 0.1) is 23.8 Å². The fraction of sp³-hybridized carbons (Fsp3) is 0.0714. The van der Waals surface area contributed by atoms with Gasteiger partial charge in [-0.1, -0.05) is 12.1 Å². The molecule has 1 aromatic heterocycles. The molecule has 3 rings (SSSR count). The van der Waals surface area contributed by atoms with Gasteiger partial charge >= 0.3 is 0 Å². The molecule has 0 unspecified atom stereocenters. The summed E-state index contributed by atoms with van der Waals surface area (Å²) in [6.07, 6.45) is 0. The Morgan fingerprint density at radius 2 is 2.00 bits per heavy atom. The van der Waals surface area contributed by atoms with Gasteiger partial charge < -0.3 is 9.72 Å². The maximum Gasteiger partial charge on any atom is 0.182 e. The Kier molecular flexibility index (Phi) is 2.83. The number of methoxy groups -OCH3 is 1. The van der Waals surface area contributed by atoms with E-state index >= 15 is 0 Å². The molecular formula is C14H11FN2OS. The summed E-state index contributed by atoms with van der Waals surface area (Å²) in [5.74, 6) is 0.383. The fourth-order valence-electron chi connectivity index (χ4n) is 2.13. The summed E-state index contributed by atoms with van der Waals surface area (Å²) in [5, 5.41) is 0. The lowest BCUT2D eigenvalue weighted by molar-refractivity contribution is 0.413. The molecule has 0 bridgehead atoms. The minimum Gasteiger partial charge on any atom is -0.495 e. The molecule has 2 aromatic carbocycles. The van der Waals surface area contributed by atoms with Crippen LogP contribution in [0.5, 0.6) is 5.75 Å². The molecule has 0 radical (unpaired) electrons. The third kappa shape index (κ3) is 1.92. The zero-order valence-corrected chi connectivity index (χ0v) is 11.0. The van der Waals surface area contributed by atoms with Crippen LogP contribution in [-0.2, 0) is 0 Å². The molecule has 0 saturated heterocycles. The summed E-state index contributed by atoms with van der Waals surface area (Å²) in [7, 11) is 1.60. The average molecular weight is 274 g/mol. The monoisotopic (exact) mass is 274 g/mol. The van der Waals surface area contributed by atoms with Crippen molar-refractivity contribution < 1.29 is 9.13 Å². The number of ether oxygens (including phenoxy) is 1. The van der Waals surface area contributed by atoms with Gasteiger partial charge in [-0.3, -0.25) is 4.57 Å². The lowest BCUT2D eigenvalue weighted by atomic mass is 10.2. The number of nitrogens with zero attached hydrogens (tertiary/aromatic N) is 1. The van der Waals surface area contributed by atoms with E-state index in [0.717, 1.165) is 11.2 Å². The number of rotatable bonds is 2. The van der Waals surface area contributed by atoms with Gasteiger partial charge in [0.1, 0.15) is 11.6 Å².